The van der Waals surface area contributed by atoms with Crippen LogP contribution in [0.1, 0.15) is 54.4 Å². The number of hydrogen-bond donors (Lipinski definition) is 0. The molecule has 1 unspecified atom stereocenters. The number of carbonyl (C=O) groups is 1. The molecule has 0 radical (unpaired) electrons. The second kappa shape index (κ2) is 4.37. The van der Waals surface area contributed by atoms with Crippen LogP contribution < -0.4 is 0 Å². The molecular weight excluding hydrogens is 258 g/mol. The van der Waals surface area contributed by atoms with Crippen LogP contribution in [0.5, 0.6) is 0 Å². The average molecular weight is 280 g/mol. The van der Waals surface area contributed by atoms with Crippen LogP contribution >= 0.6 is 11.6 Å². The lowest BCUT2D eigenvalue weighted by Crippen LogP contribution is -2.17. The van der Waals surface area contributed by atoms with E-state index in [9.17, 15) is 4.79 Å². The number of nitrogens with zero attached hydrogens (tertiary/aromatic N) is 1. The molecule has 0 aliphatic heterocycles. The van der Waals surface area contributed by atoms with Crippen LogP contribution in [0.15, 0.2) is 6.07 Å². The number of hydrogen-bond acceptors (Lipinski definition) is 1. The van der Waals surface area contributed by atoms with Crippen molar-refractivity contribution in [2.75, 3.05) is 0 Å². The lowest BCUT2D eigenvalue weighted by molar-refractivity contribution is 0.0991. The van der Waals surface area contributed by atoms with Gasteiger partial charge in [-0.2, -0.15) is 0 Å². The number of halogens is 1. The number of alkyl halides is 1. The molecule has 19 heavy (non-hydrogen) atoms. The van der Waals surface area contributed by atoms with Crippen LogP contribution in [0.4, 0.5) is 0 Å². The smallest absolute Gasteiger partial charge is 0.182 e. The molecule has 1 aromatic heterocycles. The molecule has 3 heteroatoms. The lowest BCUT2D eigenvalue weighted by Gasteiger charge is -2.18. The molecule has 1 aromatic rings. The zero-order valence-corrected chi connectivity index (χ0v) is 12.8. The monoisotopic (exact) mass is 279 g/mol. The van der Waals surface area contributed by atoms with Crippen LogP contribution in [-0.2, 0) is 6.54 Å². The summed E-state index contributed by atoms with van der Waals surface area (Å²) >= 11 is 5.94. The predicted molar refractivity (Wildman–Crippen MR) is 77.9 cm³/mol. The van der Waals surface area contributed by atoms with Crippen LogP contribution in [0.25, 0.3) is 0 Å². The summed E-state index contributed by atoms with van der Waals surface area (Å²) in [5.74, 6) is 0.997. The fraction of sp³-hybridized carbons (Fsp3) is 0.688. The van der Waals surface area contributed by atoms with Gasteiger partial charge in [0.1, 0.15) is 0 Å². The molecule has 1 atom stereocenters. The molecule has 2 nitrogen and oxygen atoms in total. The molecule has 0 N–H and O–H groups in total. The molecule has 0 amide bonds. The minimum atomic E-state index is -0.438. The molecule has 3 rings (SSSR count). The summed E-state index contributed by atoms with van der Waals surface area (Å²) < 4.78 is 2.35. The maximum Gasteiger partial charge on any atom is 0.182 e. The van der Waals surface area contributed by atoms with Crippen molar-refractivity contribution in [3.8, 4) is 0 Å². The first-order valence-corrected chi connectivity index (χ1v) is 7.73. The summed E-state index contributed by atoms with van der Waals surface area (Å²) in [6.45, 7) is 7.01. The molecule has 2 aliphatic rings. The van der Waals surface area contributed by atoms with Crippen LogP contribution in [-0.4, -0.2) is 15.7 Å². The summed E-state index contributed by atoms with van der Waals surface area (Å²) in [5, 5.41) is -0.438. The molecule has 1 heterocycles. The Morgan fingerprint density at radius 2 is 2.11 bits per heavy atom. The molecule has 2 saturated carbocycles. The number of aromatic nitrogens is 1. The highest BCUT2D eigenvalue weighted by atomic mass is 35.5. The van der Waals surface area contributed by atoms with Crippen LogP contribution in [0, 0.1) is 25.2 Å². The van der Waals surface area contributed by atoms with Gasteiger partial charge in [0.25, 0.3) is 0 Å². The van der Waals surface area contributed by atoms with Crippen molar-refractivity contribution < 1.29 is 4.79 Å². The maximum absolute atomic E-state index is 12.1. The zero-order valence-electron chi connectivity index (χ0n) is 12.0. The fourth-order valence-electron chi connectivity index (χ4n) is 3.37. The second-order valence-electron chi connectivity index (χ2n) is 6.49. The minimum absolute atomic E-state index is 0.0530. The predicted octanol–water partition coefficient (Wildman–Crippen LogP) is 4.11. The summed E-state index contributed by atoms with van der Waals surface area (Å²) in [6, 6.07) is 2.01. The number of Topliss-reactive ketones (excluding diaryl/α,β-unsaturated/α-hetero) is 1. The normalized spacial score (nSPS) is 22.3. The van der Waals surface area contributed by atoms with Crippen molar-refractivity contribution in [1.82, 2.24) is 4.57 Å². The van der Waals surface area contributed by atoms with E-state index >= 15 is 0 Å². The van der Waals surface area contributed by atoms with Gasteiger partial charge in [0.2, 0.25) is 0 Å². The van der Waals surface area contributed by atoms with Gasteiger partial charge in [-0.3, -0.25) is 4.79 Å². The Morgan fingerprint density at radius 3 is 2.58 bits per heavy atom. The molecular formula is C16H22ClNO. The van der Waals surface area contributed by atoms with E-state index < -0.39 is 5.38 Å². The van der Waals surface area contributed by atoms with Gasteiger partial charge in [0, 0.05) is 23.5 Å². The van der Waals surface area contributed by atoms with Crippen molar-refractivity contribution >= 4 is 17.4 Å². The first-order chi connectivity index (χ1) is 8.94. The SMILES string of the molecule is Cc1cc(C(=O)C(C)Cl)c(C)n1CC1(C2CC2)CC1. The molecule has 0 saturated heterocycles. The summed E-state index contributed by atoms with van der Waals surface area (Å²) in [5.41, 5.74) is 3.67. The van der Waals surface area contributed by atoms with E-state index in [1.165, 1.54) is 31.4 Å². The third kappa shape index (κ3) is 2.24. The van der Waals surface area contributed by atoms with Crippen LogP contribution in [0.3, 0.4) is 0 Å². The van der Waals surface area contributed by atoms with E-state index in [1.807, 2.05) is 6.07 Å². The van der Waals surface area contributed by atoms with Crippen molar-refractivity contribution in [2.24, 2.45) is 11.3 Å². The standard InChI is InChI=1S/C16H22ClNO/c1-10-8-14(15(19)11(2)17)12(3)18(10)9-16(6-7-16)13-4-5-13/h8,11,13H,4-7,9H2,1-3H3. The molecule has 2 fully saturated rings. The van der Waals surface area contributed by atoms with Gasteiger partial charge in [0.05, 0.1) is 5.38 Å². The third-order valence-electron chi connectivity index (χ3n) is 5.01. The Kier molecular flexibility index (Phi) is 3.05. The number of carbonyl (C=O) groups excluding carboxylic acids is 1. The zero-order chi connectivity index (χ0) is 13.8. The minimum Gasteiger partial charge on any atom is -0.348 e. The molecule has 0 spiro atoms. The first kappa shape index (κ1) is 13.2. The summed E-state index contributed by atoms with van der Waals surface area (Å²) in [7, 11) is 0. The fourth-order valence-corrected chi connectivity index (χ4v) is 3.49. The molecule has 0 bridgehead atoms. The summed E-state index contributed by atoms with van der Waals surface area (Å²) in [6.07, 6.45) is 5.54. The highest BCUT2D eigenvalue weighted by Crippen LogP contribution is 2.62. The largest absolute Gasteiger partial charge is 0.348 e. The Labute approximate surface area is 120 Å². The Balaban J connectivity index is 1.88. The van der Waals surface area contributed by atoms with Crippen molar-refractivity contribution in [3.63, 3.8) is 0 Å². The molecule has 2 aliphatic carbocycles. The van der Waals surface area contributed by atoms with E-state index in [0.29, 0.717) is 5.41 Å². The highest BCUT2D eigenvalue weighted by Gasteiger charge is 2.53. The van der Waals surface area contributed by atoms with E-state index in [0.717, 1.165) is 23.7 Å². The number of aryl methyl sites for hydroxylation is 1. The Bertz CT molecular complexity index is 521. The van der Waals surface area contributed by atoms with Gasteiger partial charge >= 0.3 is 0 Å². The van der Waals surface area contributed by atoms with Gasteiger partial charge < -0.3 is 4.57 Å². The third-order valence-corrected chi connectivity index (χ3v) is 5.21. The van der Waals surface area contributed by atoms with Crippen molar-refractivity contribution in [2.45, 2.75) is 58.4 Å². The van der Waals surface area contributed by atoms with Crippen molar-refractivity contribution in [3.05, 3.63) is 23.0 Å². The van der Waals surface area contributed by atoms with E-state index in [-0.39, 0.29) is 5.78 Å². The summed E-state index contributed by atoms with van der Waals surface area (Å²) in [4.78, 5) is 12.1. The second-order valence-corrected chi connectivity index (χ2v) is 7.14. The van der Waals surface area contributed by atoms with Crippen LogP contribution in [0.2, 0.25) is 0 Å². The van der Waals surface area contributed by atoms with E-state index in [4.69, 9.17) is 11.6 Å². The van der Waals surface area contributed by atoms with Gasteiger partial charge in [-0.05, 0) is 63.9 Å². The first-order valence-electron chi connectivity index (χ1n) is 7.29. The van der Waals surface area contributed by atoms with E-state index in [2.05, 4.69) is 18.4 Å². The van der Waals surface area contributed by atoms with Gasteiger partial charge in [0.15, 0.2) is 5.78 Å². The Hall–Kier alpha value is -0.760. The molecule has 104 valence electrons. The number of rotatable bonds is 5. The quantitative estimate of drug-likeness (QED) is 0.587. The van der Waals surface area contributed by atoms with E-state index in [1.54, 1.807) is 6.92 Å². The topological polar surface area (TPSA) is 22.0 Å². The molecule has 0 aromatic carbocycles. The maximum atomic E-state index is 12.1. The van der Waals surface area contributed by atoms with Crippen molar-refractivity contribution in [1.29, 1.82) is 0 Å². The lowest BCUT2D eigenvalue weighted by atomic mass is 10.0. The average Bonchev–Trinajstić information content (AvgIpc) is 3.23. The number of ketones is 1. The van der Waals surface area contributed by atoms with Gasteiger partial charge in [-0.25, -0.2) is 0 Å². The van der Waals surface area contributed by atoms with Gasteiger partial charge in [-0.1, -0.05) is 0 Å². The van der Waals surface area contributed by atoms with Gasteiger partial charge in [-0.15, -0.1) is 11.6 Å². The Morgan fingerprint density at radius 1 is 1.47 bits per heavy atom. The highest BCUT2D eigenvalue weighted by molar-refractivity contribution is 6.33.